The highest BCUT2D eigenvalue weighted by Gasteiger charge is 2.38. The van der Waals surface area contributed by atoms with E-state index in [0.717, 1.165) is 37.1 Å². The first-order valence-electron chi connectivity index (χ1n) is 8.98. The first kappa shape index (κ1) is 16.6. The van der Waals surface area contributed by atoms with Crippen LogP contribution >= 0.6 is 0 Å². The van der Waals surface area contributed by atoms with Crippen molar-refractivity contribution in [2.45, 2.75) is 12.1 Å². The largest absolute Gasteiger partial charge is 0.390 e. The van der Waals surface area contributed by atoms with Gasteiger partial charge in [0.1, 0.15) is 0 Å². The fourth-order valence-electron chi connectivity index (χ4n) is 4.03. The second-order valence-corrected chi connectivity index (χ2v) is 7.38. The van der Waals surface area contributed by atoms with E-state index in [1.54, 1.807) is 4.90 Å². The van der Waals surface area contributed by atoms with Gasteiger partial charge in [-0.05, 0) is 30.6 Å². The third-order valence-corrected chi connectivity index (χ3v) is 5.69. The summed E-state index contributed by atoms with van der Waals surface area (Å²) in [5, 5.41) is 11.6. The minimum absolute atomic E-state index is 0.0128. The van der Waals surface area contributed by atoms with Crippen LogP contribution in [0.2, 0.25) is 0 Å². The molecule has 2 aliphatic heterocycles. The van der Waals surface area contributed by atoms with E-state index in [9.17, 15) is 9.90 Å². The Morgan fingerprint density at radius 2 is 1.84 bits per heavy atom. The molecular formula is C19H26N4O2. The normalized spacial score (nSPS) is 25.8. The first-order valence-corrected chi connectivity index (χ1v) is 8.98. The number of carbonyl (C=O) groups is 1. The molecule has 0 aliphatic carbocycles. The van der Waals surface area contributed by atoms with Crippen molar-refractivity contribution in [2.75, 3.05) is 46.3 Å². The summed E-state index contributed by atoms with van der Waals surface area (Å²) in [4.78, 5) is 19.4. The van der Waals surface area contributed by atoms with Crippen LogP contribution < -0.4 is 0 Å². The molecule has 1 N–H and O–H groups in total. The molecule has 0 radical (unpaired) electrons. The van der Waals surface area contributed by atoms with Gasteiger partial charge in [-0.1, -0.05) is 6.07 Å². The quantitative estimate of drug-likeness (QED) is 0.869. The second kappa shape index (κ2) is 6.44. The summed E-state index contributed by atoms with van der Waals surface area (Å²) >= 11 is 0. The highest BCUT2D eigenvalue weighted by molar-refractivity contribution is 5.98. The number of aryl methyl sites for hydroxylation is 1. The summed E-state index contributed by atoms with van der Waals surface area (Å²) < 4.78 is 2.03. The smallest absolute Gasteiger partial charge is 0.254 e. The van der Waals surface area contributed by atoms with Crippen LogP contribution in [0.4, 0.5) is 0 Å². The Hall–Kier alpha value is -1.89. The number of nitrogens with zero attached hydrogens (tertiary/aromatic N) is 4. The summed E-state index contributed by atoms with van der Waals surface area (Å²) in [6, 6.07) is 7.93. The summed E-state index contributed by atoms with van der Waals surface area (Å²) in [5.74, 6) is 0.0128. The van der Waals surface area contributed by atoms with Crippen molar-refractivity contribution in [1.82, 2.24) is 19.3 Å². The van der Waals surface area contributed by atoms with Gasteiger partial charge in [0.05, 0.1) is 12.1 Å². The number of likely N-dealkylation sites (N-methyl/N-ethyl adjacent to an activating group) is 1. The molecule has 0 bridgehead atoms. The SMILES string of the molecule is CN1CCN(C2CN(C(=O)c3ccc4ccn(C)c4c3)CC2O)CC1. The number of amides is 1. The second-order valence-electron chi connectivity index (χ2n) is 7.38. The fraction of sp³-hybridized carbons (Fsp3) is 0.526. The third-order valence-electron chi connectivity index (χ3n) is 5.69. The average Bonchev–Trinajstić information content (AvgIpc) is 3.18. The molecule has 2 unspecified atom stereocenters. The molecule has 1 amide bonds. The van der Waals surface area contributed by atoms with Crippen LogP contribution in [0.15, 0.2) is 30.5 Å². The molecule has 3 heterocycles. The molecule has 134 valence electrons. The number of aromatic nitrogens is 1. The van der Waals surface area contributed by atoms with Crippen molar-refractivity contribution in [3.8, 4) is 0 Å². The lowest BCUT2D eigenvalue weighted by atomic mass is 10.1. The van der Waals surface area contributed by atoms with Crippen LogP contribution in [0, 0.1) is 0 Å². The van der Waals surface area contributed by atoms with E-state index >= 15 is 0 Å². The van der Waals surface area contributed by atoms with Crippen molar-refractivity contribution < 1.29 is 9.90 Å². The maximum atomic E-state index is 12.9. The number of piperazine rings is 1. The molecule has 4 rings (SSSR count). The lowest BCUT2D eigenvalue weighted by Crippen LogP contribution is -2.52. The van der Waals surface area contributed by atoms with Crippen molar-refractivity contribution in [2.24, 2.45) is 7.05 Å². The zero-order valence-corrected chi connectivity index (χ0v) is 14.9. The molecule has 6 heteroatoms. The van der Waals surface area contributed by atoms with E-state index in [-0.39, 0.29) is 11.9 Å². The maximum Gasteiger partial charge on any atom is 0.254 e. The standard InChI is InChI=1S/C19H26N4O2/c1-20-7-9-22(10-8-20)17-12-23(13-18(17)24)19(25)15-4-3-14-5-6-21(2)16(14)11-15/h3-6,11,17-18,24H,7-10,12-13H2,1-2H3. The number of likely N-dealkylation sites (tertiary alicyclic amines) is 1. The number of hydrogen-bond donors (Lipinski definition) is 1. The van der Waals surface area contributed by atoms with Crippen LogP contribution in [-0.4, -0.2) is 88.7 Å². The molecule has 1 aromatic carbocycles. The number of fused-ring (bicyclic) bond motifs is 1. The summed E-state index contributed by atoms with van der Waals surface area (Å²) in [7, 11) is 4.11. The van der Waals surface area contributed by atoms with E-state index in [2.05, 4.69) is 16.8 Å². The van der Waals surface area contributed by atoms with Crippen molar-refractivity contribution in [1.29, 1.82) is 0 Å². The summed E-state index contributed by atoms with van der Waals surface area (Å²) in [6.07, 6.45) is 1.54. The lowest BCUT2D eigenvalue weighted by Gasteiger charge is -2.37. The highest BCUT2D eigenvalue weighted by atomic mass is 16.3. The van der Waals surface area contributed by atoms with Gasteiger partial charge < -0.3 is 19.5 Å². The van der Waals surface area contributed by atoms with Gasteiger partial charge in [-0.25, -0.2) is 0 Å². The number of rotatable bonds is 2. The number of hydrogen-bond acceptors (Lipinski definition) is 4. The molecule has 2 fully saturated rings. The van der Waals surface area contributed by atoms with E-state index in [1.165, 1.54) is 0 Å². The van der Waals surface area contributed by atoms with Crippen molar-refractivity contribution in [3.63, 3.8) is 0 Å². The molecule has 2 aromatic rings. The van der Waals surface area contributed by atoms with Gasteiger partial charge in [-0.15, -0.1) is 0 Å². The average molecular weight is 342 g/mol. The van der Waals surface area contributed by atoms with Crippen LogP contribution in [0.1, 0.15) is 10.4 Å². The fourth-order valence-corrected chi connectivity index (χ4v) is 4.03. The monoisotopic (exact) mass is 342 g/mol. The Morgan fingerprint density at radius 3 is 2.60 bits per heavy atom. The molecule has 0 saturated carbocycles. The summed E-state index contributed by atoms with van der Waals surface area (Å²) in [6.45, 7) is 4.96. The van der Waals surface area contributed by atoms with E-state index in [4.69, 9.17) is 0 Å². The Kier molecular flexibility index (Phi) is 4.27. The van der Waals surface area contributed by atoms with Crippen molar-refractivity contribution in [3.05, 3.63) is 36.0 Å². The minimum Gasteiger partial charge on any atom is -0.390 e. The number of carbonyl (C=O) groups excluding carboxylic acids is 1. The van der Waals surface area contributed by atoms with Crippen LogP contribution in [0.3, 0.4) is 0 Å². The zero-order valence-electron chi connectivity index (χ0n) is 14.9. The molecule has 2 saturated heterocycles. The van der Waals surface area contributed by atoms with Gasteiger partial charge in [0, 0.05) is 63.6 Å². The maximum absolute atomic E-state index is 12.9. The van der Waals surface area contributed by atoms with Gasteiger partial charge in [-0.2, -0.15) is 0 Å². The number of aliphatic hydroxyl groups excluding tert-OH is 1. The first-order chi connectivity index (χ1) is 12.0. The summed E-state index contributed by atoms with van der Waals surface area (Å²) in [5.41, 5.74) is 1.75. The topological polar surface area (TPSA) is 52.0 Å². The van der Waals surface area contributed by atoms with E-state index in [1.807, 2.05) is 42.1 Å². The van der Waals surface area contributed by atoms with Crippen LogP contribution in [0.25, 0.3) is 10.9 Å². The molecule has 2 atom stereocenters. The molecule has 0 spiro atoms. The number of benzene rings is 1. The Labute approximate surface area is 148 Å². The number of β-amino-alcohol motifs (C(OH)–C–C–N with tert-alkyl or cyclic N) is 1. The Bertz CT molecular complexity index is 779. The molecule has 6 nitrogen and oxygen atoms in total. The zero-order chi connectivity index (χ0) is 17.6. The van der Waals surface area contributed by atoms with Gasteiger partial charge in [0.15, 0.2) is 0 Å². The van der Waals surface area contributed by atoms with Crippen LogP contribution in [-0.2, 0) is 7.05 Å². The molecule has 2 aliphatic rings. The Morgan fingerprint density at radius 1 is 1.08 bits per heavy atom. The Balaban J connectivity index is 1.49. The van der Waals surface area contributed by atoms with Crippen LogP contribution in [0.5, 0.6) is 0 Å². The minimum atomic E-state index is -0.467. The highest BCUT2D eigenvalue weighted by Crippen LogP contribution is 2.22. The predicted molar refractivity (Wildman–Crippen MR) is 97.7 cm³/mol. The predicted octanol–water partition coefficient (Wildman–Crippen LogP) is 0.611. The van der Waals surface area contributed by atoms with Gasteiger partial charge in [0.2, 0.25) is 0 Å². The molecule has 25 heavy (non-hydrogen) atoms. The van der Waals surface area contributed by atoms with Gasteiger partial charge in [-0.3, -0.25) is 9.69 Å². The van der Waals surface area contributed by atoms with Gasteiger partial charge >= 0.3 is 0 Å². The van der Waals surface area contributed by atoms with E-state index < -0.39 is 6.10 Å². The third kappa shape index (κ3) is 3.05. The number of aliphatic hydroxyl groups is 1. The molecular weight excluding hydrogens is 316 g/mol. The van der Waals surface area contributed by atoms with Crippen molar-refractivity contribution >= 4 is 16.8 Å². The van der Waals surface area contributed by atoms with E-state index in [0.29, 0.717) is 18.7 Å². The van der Waals surface area contributed by atoms with Gasteiger partial charge in [0.25, 0.3) is 5.91 Å². The lowest BCUT2D eigenvalue weighted by molar-refractivity contribution is 0.0512. The molecule has 1 aromatic heterocycles.